The monoisotopic (exact) mass is 412 g/mol. The van der Waals surface area contributed by atoms with Crippen LogP contribution in [0.5, 0.6) is 11.5 Å². The lowest BCUT2D eigenvalue weighted by Crippen LogP contribution is -2.13. The lowest BCUT2D eigenvalue weighted by molar-refractivity contribution is 0.0994. The average molecular weight is 413 g/mol. The molecule has 3 aromatic rings. The summed E-state index contributed by atoms with van der Waals surface area (Å²) in [5.74, 6) is 0.436. The van der Waals surface area contributed by atoms with E-state index in [4.69, 9.17) is 25.5 Å². The second-order valence-electron chi connectivity index (χ2n) is 6.30. The maximum atomic E-state index is 12.6. The normalized spacial score (nSPS) is 12.7. The highest BCUT2D eigenvalue weighted by Gasteiger charge is 2.18. The van der Waals surface area contributed by atoms with Crippen LogP contribution >= 0.6 is 11.6 Å². The van der Waals surface area contributed by atoms with Crippen LogP contribution in [0.4, 0.5) is 11.4 Å². The molecule has 0 spiro atoms. The molecule has 1 aliphatic heterocycles. The van der Waals surface area contributed by atoms with E-state index in [0.29, 0.717) is 46.7 Å². The van der Waals surface area contributed by atoms with Gasteiger partial charge in [-0.2, -0.15) is 0 Å². The van der Waals surface area contributed by atoms with Crippen molar-refractivity contribution in [2.45, 2.75) is 6.42 Å². The van der Waals surface area contributed by atoms with Gasteiger partial charge in [0.1, 0.15) is 0 Å². The summed E-state index contributed by atoms with van der Waals surface area (Å²) in [6, 6.07) is 13.1. The molecule has 148 valence electrons. The van der Waals surface area contributed by atoms with Gasteiger partial charge in [-0.1, -0.05) is 11.6 Å². The molecule has 0 aliphatic carbocycles. The van der Waals surface area contributed by atoms with Crippen molar-refractivity contribution in [2.75, 3.05) is 23.8 Å². The predicted molar refractivity (Wildman–Crippen MR) is 108 cm³/mol. The van der Waals surface area contributed by atoms with E-state index in [1.807, 2.05) is 0 Å². The molecule has 8 heteroatoms. The number of hydrogen-bond donors (Lipinski definition) is 2. The highest BCUT2D eigenvalue weighted by atomic mass is 35.5. The lowest BCUT2D eigenvalue weighted by Gasteiger charge is -2.12. The van der Waals surface area contributed by atoms with Gasteiger partial charge < -0.3 is 24.5 Å². The summed E-state index contributed by atoms with van der Waals surface area (Å²) in [5.41, 5.74) is 1.49. The van der Waals surface area contributed by atoms with E-state index in [-0.39, 0.29) is 17.6 Å². The zero-order chi connectivity index (χ0) is 20.2. The Bertz CT molecular complexity index is 1030. The largest absolute Gasteiger partial charge is 0.489 e. The first-order valence-electron chi connectivity index (χ1n) is 8.95. The zero-order valence-corrected chi connectivity index (χ0v) is 16.0. The Balaban J connectivity index is 1.44. The maximum Gasteiger partial charge on any atom is 0.291 e. The number of benzene rings is 2. The van der Waals surface area contributed by atoms with E-state index in [1.165, 1.54) is 6.26 Å². The third-order valence-electron chi connectivity index (χ3n) is 4.21. The van der Waals surface area contributed by atoms with Crippen LogP contribution in [-0.4, -0.2) is 25.0 Å². The minimum Gasteiger partial charge on any atom is -0.489 e. The Kier molecular flexibility index (Phi) is 5.39. The summed E-state index contributed by atoms with van der Waals surface area (Å²) in [7, 11) is 0. The number of fused-ring (bicyclic) bond motifs is 1. The van der Waals surface area contributed by atoms with Crippen LogP contribution in [0.25, 0.3) is 0 Å². The van der Waals surface area contributed by atoms with Gasteiger partial charge in [0.25, 0.3) is 11.8 Å². The number of carbonyl (C=O) groups excluding carboxylic acids is 2. The van der Waals surface area contributed by atoms with Gasteiger partial charge >= 0.3 is 0 Å². The molecule has 0 atom stereocenters. The Labute approximate surface area is 171 Å². The minimum absolute atomic E-state index is 0.216. The summed E-state index contributed by atoms with van der Waals surface area (Å²) < 4.78 is 16.2. The van der Waals surface area contributed by atoms with Crippen LogP contribution in [-0.2, 0) is 0 Å². The van der Waals surface area contributed by atoms with Gasteiger partial charge in [0.2, 0.25) is 0 Å². The molecule has 0 fully saturated rings. The van der Waals surface area contributed by atoms with E-state index < -0.39 is 0 Å². The van der Waals surface area contributed by atoms with Gasteiger partial charge in [-0.25, -0.2) is 0 Å². The Morgan fingerprint density at radius 3 is 2.28 bits per heavy atom. The van der Waals surface area contributed by atoms with Crippen LogP contribution in [0, 0.1) is 0 Å². The third-order valence-corrected chi connectivity index (χ3v) is 4.49. The molecule has 0 bridgehead atoms. The first kappa shape index (κ1) is 18.9. The maximum absolute atomic E-state index is 12.6. The Hall–Kier alpha value is -3.45. The van der Waals surface area contributed by atoms with Crippen molar-refractivity contribution >= 4 is 34.8 Å². The van der Waals surface area contributed by atoms with Gasteiger partial charge in [0.05, 0.1) is 24.5 Å². The fourth-order valence-corrected chi connectivity index (χ4v) is 3.07. The Morgan fingerprint density at radius 1 is 0.897 bits per heavy atom. The first-order chi connectivity index (χ1) is 14.1. The highest BCUT2D eigenvalue weighted by molar-refractivity contribution is 6.32. The standard InChI is InChI=1S/C21H17ClN2O5/c22-16-11-13(12-18-19(16)29-10-2-9-28-18)20(25)23-14-4-6-15(7-5-14)24-21(26)17-3-1-8-27-17/h1,3-8,11-12H,2,9-10H2,(H,23,25)(H,24,26). The topological polar surface area (TPSA) is 89.8 Å². The molecule has 7 nitrogen and oxygen atoms in total. The number of rotatable bonds is 4. The molecule has 1 aromatic heterocycles. The van der Waals surface area contributed by atoms with Crippen LogP contribution < -0.4 is 20.1 Å². The molecule has 2 aromatic carbocycles. The summed E-state index contributed by atoms with van der Waals surface area (Å²) in [6.07, 6.45) is 2.18. The van der Waals surface area contributed by atoms with E-state index in [2.05, 4.69) is 10.6 Å². The van der Waals surface area contributed by atoms with Gasteiger partial charge in [-0.15, -0.1) is 0 Å². The number of amides is 2. The fourth-order valence-electron chi connectivity index (χ4n) is 2.80. The molecule has 2 N–H and O–H groups in total. The first-order valence-corrected chi connectivity index (χ1v) is 9.33. The molecule has 0 radical (unpaired) electrons. The van der Waals surface area contributed by atoms with Gasteiger partial charge in [-0.3, -0.25) is 9.59 Å². The van der Waals surface area contributed by atoms with E-state index in [1.54, 1.807) is 48.5 Å². The predicted octanol–water partition coefficient (Wildman–Crippen LogP) is 4.60. The molecule has 1 aliphatic rings. The highest BCUT2D eigenvalue weighted by Crippen LogP contribution is 2.38. The third kappa shape index (κ3) is 4.35. The summed E-state index contributed by atoms with van der Waals surface area (Å²) in [6.45, 7) is 1.01. The van der Waals surface area contributed by atoms with Crippen molar-refractivity contribution < 1.29 is 23.5 Å². The molecule has 2 heterocycles. The van der Waals surface area contributed by atoms with Crippen molar-refractivity contribution in [3.05, 3.63) is 71.1 Å². The number of nitrogens with one attached hydrogen (secondary N) is 2. The van der Waals surface area contributed by atoms with Crippen molar-refractivity contribution in [1.82, 2.24) is 0 Å². The summed E-state index contributed by atoms with van der Waals surface area (Å²) in [5, 5.41) is 5.83. The summed E-state index contributed by atoms with van der Waals surface area (Å²) in [4.78, 5) is 24.6. The number of furan rings is 1. The molecule has 0 saturated heterocycles. The second-order valence-corrected chi connectivity index (χ2v) is 6.71. The Morgan fingerprint density at radius 2 is 1.59 bits per heavy atom. The quantitative estimate of drug-likeness (QED) is 0.653. The number of anilines is 2. The summed E-state index contributed by atoms with van der Waals surface area (Å²) >= 11 is 6.25. The van der Waals surface area contributed by atoms with E-state index in [9.17, 15) is 9.59 Å². The zero-order valence-electron chi connectivity index (χ0n) is 15.2. The van der Waals surface area contributed by atoms with Crippen LogP contribution in [0.2, 0.25) is 5.02 Å². The van der Waals surface area contributed by atoms with Crippen molar-refractivity contribution in [3.63, 3.8) is 0 Å². The number of halogens is 1. The molecular formula is C21H17ClN2O5. The molecule has 4 rings (SSSR count). The van der Waals surface area contributed by atoms with Crippen molar-refractivity contribution in [2.24, 2.45) is 0 Å². The van der Waals surface area contributed by atoms with Crippen molar-refractivity contribution in [3.8, 4) is 11.5 Å². The second kappa shape index (κ2) is 8.28. The van der Waals surface area contributed by atoms with E-state index >= 15 is 0 Å². The van der Waals surface area contributed by atoms with Gasteiger partial charge in [-0.05, 0) is 48.5 Å². The molecule has 0 saturated carbocycles. The van der Waals surface area contributed by atoms with Gasteiger partial charge in [0.15, 0.2) is 17.3 Å². The lowest BCUT2D eigenvalue weighted by atomic mass is 10.1. The van der Waals surface area contributed by atoms with Crippen LogP contribution in [0.1, 0.15) is 27.3 Å². The molecule has 2 amide bonds. The van der Waals surface area contributed by atoms with Crippen LogP contribution in [0.3, 0.4) is 0 Å². The average Bonchev–Trinajstić information content (AvgIpc) is 3.15. The molecular weight excluding hydrogens is 396 g/mol. The number of ether oxygens (including phenoxy) is 2. The number of hydrogen-bond acceptors (Lipinski definition) is 5. The van der Waals surface area contributed by atoms with Crippen LogP contribution in [0.15, 0.2) is 59.2 Å². The SMILES string of the molecule is O=C(Nc1ccc(NC(=O)c2ccco2)cc1)c1cc(Cl)c2c(c1)OCCCO2. The fraction of sp³-hybridized carbons (Fsp3) is 0.143. The van der Waals surface area contributed by atoms with E-state index in [0.717, 1.165) is 6.42 Å². The molecule has 0 unspecified atom stereocenters. The van der Waals surface area contributed by atoms with Crippen molar-refractivity contribution in [1.29, 1.82) is 0 Å². The minimum atomic E-state index is -0.353. The van der Waals surface area contributed by atoms with Gasteiger partial charge in [0, 0.05) is 23.4 Å². The smallest absolute Gasteiger partial charge is 0.291 e. The number of carbonyl (C=O) groups is 2. The molecule has 29 heavy (non-hydrogen) atoms.